The van der Waals surface area contributed by atoms with E-state index in [1.54, 1.807) is 4.90 Å². The van der Waals surface area contributed by atoms with Crippen LogP contribution in [0.15, 0.2) is 18.2 Å². The molecule has 0 saturated carbocycles. The number of carbonyl (C=O) groups is 2. The number of hydrogen-bond acceptors (Lipinski definition) is 2. The van der Waals surface area contributed by atoms with Crippen LogP contribution in [-0.2, 0) is 17.6 Å². The maximum absolute atomic E-state index is 12.3. The van der Waals surface area contributed by atoms with Crippen LogP contribution in [0, 0.1) is 5.92 Å². The second-order valence-electron chi connectivity index (χ2n) is 6.68. The molecule has 2 aliphatic rings. The lowest BCUT2D eigenvalue weighted by Gasteiger charge is -2.23. The van der Waals surface area contributed by atoms with Crippen molar-refractivity contribution in [3.63, 3.8) is 0 Å². The van der Waals surface area contributed by atoms with E-state index in [1.807, 2.05) is 6.92 Å². The number of aryl methyl sites for hydroxylation is 2. The number of urea groups is 1. The minimum atomic E-state index is -0.817. The molecule has 23 heavy (non-hydrogen) atoms. The smallest absolute Gasteiger partial charge is 0.317 e. The molecule has 0 bridgehead atoms. The Morgan fingerprint density at radius 3 is 2.70 bits per heavy atom. The molecule has 1 aromatic carbocycles. The van der Waals surface area contributed by atoms with E-state index < -0.39 is 11.9 Å². The number of benzene rings is 1. The summed E-state index contributed by atoms with van der Waals surface area (Å²) in [5.74, 6) is -1.25. The third-order valence-corrected chi connectivity index (χ3v) is 5.04. The minimum absolute atomic E-state index is 0.0707. The molecule has 1 aliphatic heterocycles. The first-order chi connectivity index (χ1) is 11.0. The number of carboxylic acids is 1. The van der Waals surface area contributed by atoms with Gasteiger partial charge in [-0.15, -0.1) is 0 Å². The van der Waals surface area contributed by atoms with Crippen LogP contribution in [0.1, 0.15) is 48.9 Å². The molecular formula is C18H24N2O3. The Labute approximate surface area is 136 Å². The van der Waals surface area contributed by atoms with Gasteiger partial charge in [-0.25, -0.2) is 4.79 Å². The van der Waals surface area contributed by atoms with Crippen molar-refractivity contribution in [1.82, 2.24) is 10.2 Å². The molecule has 0 spiro atoms. The number of carboxylic acid groups (broad SMARTS) is 1. The maximum Gasteiger partial charge on any atom is 0.317 e. The predicted octanol–water partition coefficient (Wildman–Crippen LogP) is 2.74. The van der Waals surface area contributed by atoms with Gasteiger partial charge in [-0.1, -0.05) is 18.2 Å². The van der Waals surface area contributed by atoms with Crippen molar-refractivity contribution in [2.75, 3.05) is 13.1 Å². The SMILES string of the molecule is CC(NC(=O)N1CCC(C(=O)O)C1)c1ccc2c(c1)CCCC2. The van der Waals surface area contributed by atoms with E-state index in [0.717, 1.165) is 18.4 Å². The van der Waals surface area contributed by atoms with Crippen LogP contribution in [0.4, 0.5) is 4.79 Å². The second-order valence-corrected chi connectivity index (χ2v) is 6.68. The molecule has 3 rings (SSSR count). The fourth-order valence-electron chi connectivity index (χ4n) is 3.53. The van der Waals surface area contributed by atoms with Gasteiger partial charge >= 0.3 is 12.0 Å². The molecule has 0 radical (unpaired) electrons. The number of fused-ring (bicyclic) bond motifs is 1. The van der Waals surface area contributed by atoms with Crippen molar-refractivity contribution in [1.29, 1.82) is 0 Å². The molecule has 2 N–H and O–H groups in total. The van der Waals surface area contributed by atoms with Crippen LogP contribution in [0.5, 0.6) is 0 Å². The topological polar surface area (TPSA) is 69.6 Å². The molecule has 1 fully saturated rings. The Morgan fingerprint density at radius 1 is 1.26 bits per heavy atom. The number of rotatable bonds is 3. The van der Waals surface area contributed by atoms with Crippen LogP contribution < -0.4 is 5.32 Å². The summed E-state index contributed by atoms with van der Waals surface area (Å²) in [6.45, 7) is 2.80. The molecule has 1 saturated heterocycles. The van der Waals surface area contributed by atoms with Gasteiger partial charge in [-0.3, -0.25) is 4.79 Å². The number of nitrogens with one attached hydrogen (secondary N) is 1. The van der Waals surface area contributed by atoms with Crippen LogP contribution in [0.3, 0.4) is 0 Å². The highest BCUT2D eigenvalue weighted by atomic mass is 16.4. The van der Waals surface area contributed by atoms with Crippen molar-refractivity contribution in [2.24, 2.45) is 5.92 Å². The third kappa shape index (κ3) is 3.49. The summed E-state index contributed by atoms with van der Waals surface area (Å²) in [6.07, 6.45) is 5.31. The minimum Gasteiger partial charge on any atom is -0.481 e. The predicted molar refractivity (Wildman–Crippen MR) is 87.3 cm³/mol. The first-order valence-electron chi connectivity index (χ1n) is 8.44. The standard InChI is InChI=1S/C18H24N2O3/c1-12(14-7-6-13-4-2-3-5-15(13)10-14)19-18(23)20-9-8-16(11-20)17(21)22/h6-7,10,12,16H,2-5,8-9,11H2,1H3,(H,19,23)(H,21,22). The van der Waals surface area contributed by atoms with Crippen molar-refractivity contribution in [2.45, 2.75) is 45.1 Å². The molecule has 5 nitrogen and oxygen atoms in total. The van der Waals surface area contributed by atoms with Gasteiger partial charge in [-0.05, 0) is 55.7 Å². The van der Waals surface area contributed by atoms with Gasteiger partial charge in [0.15, 0.2) is 0 Å². The first kappa shape index (κ1) is 15.8. The summed E-state index contributed by atoms with van der Waals surface area (Å²) in [5, 5.41) is 12.0. The molecule has 1 aliphatic carbocycles. The summed E-state index contributed by atoms with van der Waals surface area (Å²) in [4.78, 5) is 24.9. The van der Waals surface area contributed by atoms with Crippen molar-refractivity contribution in [3.8, 4) is 0 Å². The molecule has 5 heteroatoms. The lowest BCUT2D eigenvalue weighted by molar-refractivity contribution is -0.141. The van der Waals surface area contributed by atoms with E-state index in [9.17, 15) is 9.59 Å². The van der Waals surface area contributed by atoms with Gasteiger partial charge in [0, 0.05) is 13.1 Å². The molecule has 124 valence electrons. The third-order valence-electron chi connectivity index (χ3n) is 5.04. The lowest BCUT2D eigenvalue weighted by atomic mass is 9.89. The maximum atomic E-state index is 12.3. The summed E-state index contributed by atoms with van der Waals surface area (Å²) in [7, 11) is 0. The Morgan fingerprint density at radius 2 is 2.00 bits per heavy atom. The molecular weight excluding hydrogens is 292 g/mol. The summed E-state index contributed by atoms with van der Waals surface area (Å²) in [5.41, 5.74) is 3.96. The van der Waals surface area contributed by atoms with E-state index >= 15 is 0 Å². The van der Waals surface area contributed by atoms with Crippen molar-refractivity contribution < 1.29 is 14.7 Å². The normalized spacial score (nSPS) is 21.6. The zero-order valence-electron chi connectivity index (χ0n) is 13.5. The van der Waals surface area contributed by atoms with Crippen LogP contribution in [-0.4, -0.2) is 35.1 Å². The lowest BCUT2D eigenvalue weighted by Crippen LogP contribution is -2.40. The number of amides is 2. The zero-order chi connectivity index (χ0) is 16.4. The zero-order valence-corrected chi connectivity index (χ0v) is 13.5. The summed E-state index contributed by atoms with van der Waals surface area (Å²) in [6, 6.07) is 6.25. The highest BCUT2D eigenvalue weighted by Gasteiger charge is 2.31. The molecule has 2 amide bonds. The van der Waals surface area contributed by atoms with Crippen LogP contribution in [0.2, 0.25) is 0 Å². The van der Waals surface area contributed by atoms with Crippen molar-refractivity contribution >= 4 is 12.0 Å². The quantitative estimate of drug-likeness (QED) is 0.901. The van der Waals surface area contributed by atoms with E-state index in [0.29, 0.717) is 19.5 Å². The molecule has 2 atom stereocenters. The number of likely N-dealkylation sites (tertiary alicyclic amines) is 1. The van der Waals surface area contributed by atoms with Crippen LogP contribution in [0.25, 0.3) is 0 Å². The molecule has 1 heterocycles. The van der Waals surface area contributed by atoms with Gasteiger partial charge in [-0.2, -0.15) is 0 Å². The Bertz CT molecular complexity index is 614. The van der Waals surface area contributed by atoms with E-state index in [2.05, 4.69) is 23.5 Å². The van der Waals surface area contributed by atoms with E-state index in [1.165, 1.54) is 24.0 Å². The average molecular weight is 316 g/mol. The number of hydrogen-bond donors (Lipinski definition) is 2. The van der Waals surface area contributed by atoms with Gasteiger partial charge in [0.25, 0.3) is 0 Å². The van der Waals surface area contributed by atoms with E-state index in [4.69, 9.17) is 5.11 Å². The highest BCUT2D eigenvalue weighted by molar-refractivity contribution is 5.77. The average Bonchev–Trinajstić information content (AvgIpc) is 3.04. The van der Waals surface area contributed by atoms with Gasteiger partial charge in [0.1, 0.15) is 0 Å². The number of nitrogens with zero attached hydrogens (tertiary/aromatic N) is 1. The molecule has 1 aromatic rings. The molecule has 0 aromatic heterocycles. The van der Waals surface area contributed by atoms with Crippen molar-refractivity contribution in [3.05, 3.63) is 34.9 Å². The van der Waals surface area contributed by atoms with Gasteiger partial charge < -0.3 is 15.3 Å². The summed E-state index contributed by atoms with van der Waals surface area (Å²) >= 11 is 0. The monoisotopic (exact) mass is 316 g/mol. The fraction of sp³-hybridized carbons (Fsp3) is 0.556. The summed E-state index contributed by atoms with van der Waals surface area (Å²) < 4.78 is 0. The fourth-order valence-corrected chi connectivity index (χ4v) is 3.53. The Hall–Kier alpha value is -2.04. The number of carbonyl (C=O) groups excluding carboxylic acids is 1. The second kappa shape index (κ2) is 6.60. The first-order valence-corrected chi connectivity index (χ1v) is 8.44. The highest BCUT2D eigenvalue weighted by Crippen LogP contribution is 2.25. The van der Waals surface area contributed by atoms with Gasteiger partial charge in [0.2, 0.25) is 0 Å². The van der Waals surface area contributed by atoms with Gasteiger partial charge in [0.05, 0.1) is 12.0 Å². The van der Waals surface area contributed by atoms with Crippen LogP contribution >= 0.6 is 0 Å². The Balaban J connectivity index is 1.61. The van der Waals surface area contributed by atoms with E-state index in [-0.39, 0.29) is 12.1 Å². The Kier molecular flexibility index (Phi) is 4.55. The largest absolute Gasteiger partial charge is 0.481 e. The number of aliphatic carboxylic acids is 1. The molecule has 2 unspecified atom stereocenters.